The lowest BCUT2D eigenvalue weighted by molar-refractivity contribution is -0.112. The highest BCUT2D eigenvalue weighted by Crippen LogP contribution is 2.32. The highest BCUT2D eigenvalue weighted by Gasteiger charge is 2.22. The third-order valence-corrected chi connectivity index (χ3v) is 3.08. The predicted octanol–water partition coefficient (Wildman–Crippen LogP) is 2.80. The Morgan fingerprint density at radius 1 is 1.26 bits per heavy atom. The maximum atomic E-state index is 12.1. The Balaban J connectivity index is 2.63. The number of rotatable bonds is 3. The Hall–Kier alpha value is -3.58. The highest BCUT2D eigenvalue weighted by molar-refractivity contribution is 6.15. The molecule has 7 heteroatoms. The van der Waals surface area contributed by atoms with Crippen LogP contribution in [0.15, 0.2) is 33.9 Å². The molecule has 0 radical (unpaired) electrons. The van der Waals surface area contributed by atoms with Crippen LogP contribution in [0.4, 0.5) is 5.69 Å². The molecule has 0 fully saturated rings. The van der Waals surface area contributed by atoms with E-state index in [9.17, 15) is 14.7 Å². The molecule has 114 valence electrons. The molecule has 0 aliphatic heterocycles. The lowest BCUT2D eigenvalue weighted by Gasteiger charge is -2.04. The van der Waals surface area contributed by atoms with Gasteiger partial charge in [0.05, 0.1) is 17.3 Å². The van der Waals surface area contributed by atoms with Crippen molar-refractivity contribution in [2.75, 3.05) is 5.32 Å². The number of furan rings is 1. The summed E-state index contributed by atoms with van der Waals surface area (Å²) in [7, 11) is 0. The van der Waals surface area contributed by atoms with Gasteiger partial charge >= 0.3 is 0 Å². The molecular formula is C16H11N3O4. The van der Waals surface area contributed by atoms with Crippen molar-refractivity contribution in [2.24, 2.45) is 0 Å². The van der Waals surface area contributed by atoms with Crippen LogP contribution in [0.3, 0.4) is 0 Å². The van der Waals surface area contributed by atoms with Gasteiger partial charge in [-0.3, -0.25) is 9.59 Å². The van der Waals surface area contributed by atoms with Crippen molar-refractivity contribution in [1.82, 2.24) is 0 Å². The SMILES string of the molecule is CC(=O)c1oc2ccc(C#N)cc2c1NC(=O)/C(C#N)=C(/C)O. The number of carbonyl (C=O) groups excluding carboxylic acids is 2. The summed E-state index contributed by atoms with van der Waals surface area (Å²) in [5, 5.41) is 30.0. The fourth-order valence-corrected chi connectivity index (χ4v) is 2.01. The lowest BCUT2D eigenvalue weighted by atomic mass is 10.1. The molecule has 0 bridgehead atoms. The van der Waals surface area contributed by atoms with Crippen LogP contribution in [-0.2, 0) is 4.79 Å². The molecule has 0 aliphatic rings. The first-order chi connectivity index (χ1) is 10.9. The van der Waals surface area contributed by atoms with Gasteiger partial charge in [0, 0.05) is 12.3 Å². The first-order valence-corrected chi connectivity index (χ1v) is 6.48. The van der Waals surface area contributed by atoms with Crippen LogP contribution in [0, 0.1) is 22.7 Å². The fourth-order valence-electron chi connectivity index (χ4n) is 2.01. The minimum absolute atomic E-state index is 0.0589. The van der Waals surface area contributed by atoms with E-state index in [4.69, 9.17) is 14.9 Å². The van der Waals surface area contributed by atoms with E-state index in [1.807, 2.05) is 6.07 Å². The zero-order chi connectivity index (χ0) is 17.1. The van der Waals surface area contributed by atoms with Crippen LogP contribution >= 0.6 is 0 Å². The molecule has 0 aliphatic carbocycles. The molecule has 0 spiro atoms. The van der Waals surface area contributed by atoms with E-state index >= 15 is 0 Å². The molecule has 1 amide bonds. The Labute approximate surface area is 131 Å². The average molecular weight is 309 g/mol. The molecule has 2 rings (SSSR count). The molecule has 2 N–H and O–H groups in total. The summed E-state index contributed by atoms with van der Waals surface area (Å²) in [5.41, 5.74) is 0.208. The molecule has 0 saturated heterocycles. The predicted molar refractivity (Wildman–Crippen MR) is 80.5 cm³/mol. The lowest BCUT2D eigenvalue weighted by Crippen LogP contribution is -2.16. The van der Waals surface area contributed by atoms with E-state index in [0.717, 1.165) is 0 Å². The summed E-state index contributed by atoms with van der Waals surface area (Å²) in [6.07, 6.45) is 0. The number of carbonyl (C=O) groups is 2. The number of benzene rings is 1. The topological polar surface area (TPSA) is 127 Å². The number of aliphatic hydroxyl groups excluding tert-OH is 1. The molecule has 1 aromatic carbocycles. The van der Waals surface area contributed by atoms with Gasteiger partial charge in [-0.05, 0) is 25.1 Å². The van der Waals surface area contributed by atoms with E-state index in [1.165, 1.54) is 32.0 Å². The van der Waals surface area contributed by atoms with Crippen molar-refractivity contribution in [3.8, 4) is 12.1 Å². The molecule has 0 saturated carbocycles. The molecule has 0 atom stereocenters. The Kier molecular flexibility index (Phi) is 4.15. The monoisotopic (exact) mass is 309 g/mol. The molecule has 23 heavy (non-hydrogen) atoms. The van der Waals surface area contributed by atoms with Gasteiger partial charge in [-0.2, -0.15) is 10.5 Å². The standard InChI is InChI=1S/C16H11N3O4/c1-8(20)12(7-18)16(22)19-14-11-5-10(6-17)3-4-13(11)23-15(14)9(2)21/h3-5,20H,1-2H3,(H,19,22)/b12-8-. The van der Waals surface area contributed by atoms with Gasteiger partial charge in [0.15, 0.2) is 17.1 Å². The summed E-state index contributed by atoms with van der Waals surface area (Å²) in [5.74, 6) is -1.85. The second-order valence-corrected chi connectivity index (χ2v) is 4.71. The summed E-state index contributed by atoms with van der Waals surface area (Å²) < 4.78 is 5.40. The van der Waals surface area contributed by atoms with Crippen molar-refractivity contribution in [3.63, 3.8) is 0 Å². The van der Waals surface area contributed by atoms with Crippen molar-refractivity contribution in [3.05, 3.63) is 40.9 Å². The van der Waals surface area contributed by atoms with E-state index in [2.05, 4.69) is 5.32 Å². The van der Waals surface area contributed by atoms with Gasteiger partial charge in [-0.1, -0.05) is 0 Å². The second-order valence-electron chi connectivity index (χ2n) is 4.71. The van der Waals surface area contributed by atoms with Crippen LogP contribution in [0.25, 0.3) is 11.0 Å². The maximum absolute atomic E-state index is 12.1. The molecule has 1 heterocycles. The summed E-state index contributed by atoms with van der Waals surface area (Å²) in [6, 6.07) is 8.01. The number of amides is 1. The largest absolute Gasteiger partial charge is 0.511 e. The van der Waals surface area contributed by atoms with Crippen LogP contribution in [0.2, 0.25) is 0 Å². The van der Waals surface area contributed by atoms with E-state index in [-0.39, 0.29) is 11.4 Å². The number of nitrogens with one attached hydrogen (secondary N) is 1. The molecule has 7 nitrogen and oxygen atoms in total. The average Bonchev–Trinajstić information content (AvgIpc) is 2.85. The minimum atomic E-state index is -0.875. The van der Waals surface area contributed by atoms with Crippen molar-refractivity contribution >= 4 is 28.3 Å². The fraction of sp³-hybridized carbons (Fsp3) is 0.125. The van der Waals surface area contributed by atoms with E-state index in [0.29, 0.717) is 16.5 Å². The summed E-state index contributed by atoms with van der Waals surface area (Å²) >= 11 is 0. The number of fused-ring (bicyclic) bond motifs is 1. The van der Waals surface area contributed by atoms with E-state index in [1.54, 1.807) is 6.07 Å². The Morgan fingerprint density at radius 2 is 1.96 bits per heavy atom. The number of nitriles is 2. The third-order valence-electron chi connectivity index (χ3n) is 3.08. The molecule has 1 aromatic heterocycles. The summed E-state index contributed by atoms with van der Waals surface area (Å²) in [4.78, 5) is 23.8. The van der Waals surface area contributed by atoms with Crippen LogP contribution in [0.5, 0.6) is 0 Å². The third kappa shape index (κ3) is 2.89. The van der Waals surface area contributed by atoms with Crippen LogP contribution < -0.4 is 5.32 Å². The zero-order valence-electron chi connectivity index (χ0n) is 12.3. The quantitative estimate of drug-likeness (QED) is 0.388. The number of nitrogens with zero attached hydrogens (tertiary/aromatic N) is 2. The smallest absolute Gasteiger partial charge is 0.269 e. The van der Waals surface area contributed by atoms with Gasteiger partial charge in [0.25, 0.3) is 5.91 Å². The van der Waals surface area contributed by atoms with Gasteiger partial charge in [-0.25, -0.2) is 0 Å². The molecular weight excluding hydrogens is 298 g/mol. The van der Waals surface area contributed by atoms with Gasteiger partial charge in [-0.15, -0.1) is 0 Å². The number of Topliss-reactive ketones (excluding diaryl/α,β-unsaturated/α-hetero) is 1. The number of hydrogen-bond donors (Lipinski definition) is 2. The number of ketones is 1. The first kappa shape index (κ1) is 15.8. The van der Waals surface area contributed by atoms with Crippen LogP contribution in [-0.4, -0.2) is 16.8 Å². The molecule has 0 unspecified atom stereocenters. The number of allylic oxidation sites excluding steroid dienone is 1. The normalized spacial score (nSPS) is 11.3. The number of hydrogen-bond acceptors (Lipinski definition) is 6. The van der Waals surface area contributed by atoms with Crippen LogP contribution in [0.1, 0.15) is 30.0 Å². The van der Waals surface area contributed by atoms with Gasteiger partial charge < -0.3 is 14.8 Å². The molecule has 2 aromatic rings. The number of aliphatic hydroxyl groups is 1. The van der Waals surface area contributed by atoms with E-state index < -0.39 is 23.0 Å². The van der Waals surface area contributed by atoms with Crippen molar-refractivity contribution < 1.29 is 19.1 Å². The summed E-state index contributed by atoms with van der Waals surface area (Å²) in [6.45, 7) is 2.46. The van der Waals surface area contributed by atoms with Crippen molar-refractivity contribution in [1.29, 1.82) is 10.5 Å². The number of anilines is 1. The van der Waals surface area contributed by atoms with Crippen molar-refractivity contribution in [2.45, 2.75) is 13.8 Å². The maximum Gasteiger partial charge on any atom is 0.269 e. The van der Waals surface area contributed by atoms with Gasteiger partial charge in [0.1, 0.15) is 17.4 Å². The minimum Gasteiger partial charge on any atom is -0.511 e. The Bertz CT molecular complexity index is 935. The highest BCUT2D eigenvalue weighted by atomic mass is 16.3. The zero-order valence-corrected chi connectivity index (χ0v) is 12.3. The second kappa shape index (κ2) is 6.04. The first-order valence-electron chi connectivity index (χ1n) is 6.48. The Morgan fingerprint density at radius 3 is 2.48 bits per heavy atom. The van der Waals surface area contributed by atoms with Gasteiger partial charge in [0.2, 0.25) is 0 Å².